The van der Waals surface area contributed by atoms with E-state index in [0.717, 1.165) is 0 Å². The van der Waals surface area contributed by atoms with Gasteiger partial charge in [-0.2, -0.15) is 0 Å². The Morgan fingerprint density at radius 2 is 1.70 bits per heavy atom. The van der Waals surface area contributed by atoms with Gasteiger partial charge in [0, 0.05) is 0 Å². The van der Waals surface area contributed by atoms with Crippen molar-refractivity contribution in [1.29, 1.82) is 0 Å². The Morgan fingerprint density at radius 3 is 2.00 bits per heavy atom. The first-order chi connectivity index (χ1) is 4.30. The van der Waals surface area contributed by atoms with Gasteiger partial charge in [0.15, 0.2) is 0 Å². The fourth-order valence-corrected chi connectivity index (χ4v) is 0.581. The summed E-state index contributed by atoms with van der Waals surface area (Å²) < 4.78 is 0. The van der Waals surface area contributed by atoms with Gasteiger partial charge in [0.1, 0.15) is 0 Å². The van der Waals surface area contributed by atoms with E-state index >= 15 is 0 Å². The SMILES string of the molecule is O=C(O)c1ccccc1.[SbH3]. The molecule has 0 amide bonds. The van der Waals surface area contributed by atoms with Crippen molar-refractivity contribution >= 4 is 30.4 Å². The zero-order valence-electron chi connectivity index (χ0n) is 5.45. The second kappa shape index (κ2) is 4.34. The molecule has 0 aromatic heterocycles. The van der Waals surface area contributed by atoms with Crippen molar-refractivity contribution in [2.75, 3.05) is 0 Å². The standard InChI is InChI=1S/C7H6O2.Sb.3H/c8-7(9)6-4-2-1-3-5-6;;;;/h1-5H,(H,8,9);;;;. The van der Waals surface area contributed by atoms with E-state index < -0.39 is 5.97 Å². The van der Waals surface area contributed by atoms with Crippen LogP contribution in [0.15, 0.2) is 30.3 Å². The third kappa shape index (κ3) is 2.40. The molecule has 1 rings (SSSR count). The molecule has 0 fully saturated rings. The van der Waals surface area contributed by atoms with Crippen LogP contribution in [0.1, 0.15) is 10.4 Å². The van der Waals surface area contributed by atoms with Crippen LogP contribution in [0.2, 0.25) is 0 Å². The summed E-state index contributed by atoms with van der Waals surface area (Å²) in [5, 5.41) is 8.38. The van der Waals surface area contributed by atoms with Crippen LogP contribution >= 0.6 is 0 Å². The van der Waals surface area contributed by atoms with Gasteiger partial charge in [0.2, 0.25) is 0 Å². The van der Waals surface area contributed by atoms with E-state index in [0.29, 0.717) is 5.56 Å². The Balaban J connectivity index is 0.000000810. The minimum atomic E-state index is -0.879. The molecule has 1 aromatic rings. The van der Waals surface area contributed by atoms with E-state index in [1.165, 1.54) is 0 Å². The molecule has 0 aliphatic carbocycles. The van der Waals surface area contributed by atoms with Crippen LogP contribution < -0.4 is 0 Å². The Hall–Kier alpha value is -0.492. The quantitative estimate of drug-likeness (QED) is 0.720. The molecule has 0 aliphatic rings. The molecular weight excluding hydrogens is 238 g/mol. The van der Waals surface area contributed by atoms with Crippen LogP contribution in [0, 0.1) is 0 Å². The molecule has 0 spiro atoms. The van der Waals surface area contributed by atoms with Crippen LogP contribution in [0.25, 0.3) is 0 Å². The first kappa shape index (κ1) is 9.51. The molecule has 0 atom stereocenters. The predicted molar refractivity (Wildman–Crippen MR) is 43.3 cm³/mol. The summed E-state index contributed by atoms with van der Waals surface area (Å²) in [4.78, 5) is 10.2. The molecule has 0 bridgehead atoms. The Morgan fingerprint density at radius 1 is 1.20 bits per heavy atom. The van der Waals surface area contributed by atoms with Crippen molar-refractivity contribution in [3.8, 4) is 0 Å². The van der Waals surface area contributed by atoms with Gasteiger partial charge in [-0.05, 0) is 12.1 Å². The summed E-state index contributed by atoms with van der Waals surface area (Å²) in [6.45, 7) is 0. The van der Waals surface area contributed by atoms with Crippen LogP contribution in [0.4, 0.5) is 0 Å². The van der Waals surface area contributed by atoms with Crippen molar-refractivity contribution in [1.82, 2.24) is 0 Å². The number of benzene rings is 1. The molecule has 1 aromatic carbocycles. The molecule has 0 radical (unpaired) electrons. The first-order valence-corrected chi connectivity index (χ1v) is 2.59. The van der Waals surface area contributed by atoms with E-state index in [2.05, 4.69) is 0 Å². The summed E-state index contributed by atoms with van der Waals surface area (Å²) in [6, 6.07) is 8.30. The predicted octanol–water partition coefficient (Wildman–Crippen LogP) is 0.201. The average molecular weight is 247 g/mol. The van der Waals surface area contributed by atoms with Crippen LogP contribution in [-0.4, -0.2) is 35.5 Å². The second-order valence-electron chi connectivity index (χ2n) is 1.67. The number of carbonyl (C=O) groups is 1. The third-order valence-corrected chi connectivity index (χ3v) is 1.02. The zero-order chi connectivity index (χ0) is 6.69. The molecule has 1 N–H and O–H groups in total. The molecule has 0 unspecified atom stereocenters. The number of aromatic carboxylic acids is 1. The van der Waals surface area contributed by atoms with E-state index in [1.54, 1.807) is 30.3 Å². The van der Waals surface area contributed by atoms with Gasteiger partial charge in [-0.1, -0.05) is 18.2 Å². The van der Waals surface area contributed by atoms with Crippen molar-refractivity contribution in [3.05, 3.63) is 35.9 Å². The summed E-state index contributed by atoms with van der Waals surface area (Å²) in [6.07, 6.45) is 0. The normalized spacial score (nSPS) is 8.00. The molecule has 10 heavy (non-hydrogen) atoms. The van der Waals surface area contributed by atoms with Crippen molar-refractivity contribution < 1.29 is 9.90 Å². The van der Waals surface area contributed by atoms with Gasteiger partial charge in [-0.15, -0.1) is 0 Å². The van der Waals surface area contributed by atoms with E-state index in [-0.39, 0.29) is 24.4 Å². The van der Waals surface area contributed by atoms with Crippen LogP contribution in [-0.2, 0) is 0 Å². The fourth-order valence-electron chi connectivity index (χ4n) is 0.581. The van der Waals surface area contributed by atoms with Gasteiger partial charge in [-0.25, -0.2) is 4.79 Å². The van der Waals surface area contributed by atoms with E-state index in [1.807, 2.05) is 0 Å². The molecule has 0 saturated carbocycles. The number of rotatable bonds is 1. The molecule has 54 valence electrons. The maximum absolute atomic E-state index is 10.2. The molecule has 0 aliphatic heterocycles. The van der Waals surface area contributed by atoms with Crippen molar-refractivity contribution in [2.45, 2.75) is 0 Å². The number of hydrogen-bond acceptors (Lipinski definition) is 1. The van der Waals surface area contributed by atoms with Gasteiger partial charge in [0.05, 0.1) is 5.56 Å². The average Bonchev–Trinajstić information content (AvgIpc) is 1.90. The van der Waals surface area contributed by atoms with Crippen molar-refractivity contribution in [2.24, 2.45) is 0 Å². The molecule has 2 nitrogen and oxygen atoms in total. The van der Waals surface area contributed by atoms with Crippen molar-refractivity contribution in [3.63, 3.8) is 0 Å². The van der Waals surface area contributed by atoms with Crippen LogP contribution in [0.3, 0.4) is 0 Å². The number of carboxylic acids is 1. The minimum absolute atomic E-state index is 0. The number of carboxylic acid groups (broad SMARTS) is 1. The van der Waals surface area contributed by atoms with Gasteiger partial charge in [-0.3, -0.25) is 0 Å². The summed E-state index contributed by atoms with van der Waals surface area (Å²) >= 11 is 0. The molecule has 0 heterocycles. The monoisotopic (exact) mass is 246 g/mol. The zero-order valence-corrected chi connectivity index (χ0v) is 9.49. The van der Waals surface area contributed by atoms with E-state index in [4.69, 9.17) is 5.11 Å². The Bertz CT molecular complexity index is 208. The maximum atomic E-state index is 10.2. The first-order valence-electron chi connectivity index (χ1n) is 2.59. The summed E-state index contributed by atoms with van der Waals surface area (Å²) in [5.41, 5.74) is 0.331. The second-order valence-corrected chi connectivity index (χ2v) is 1.67. The third-order valence-electron chi connectivity index (χ3n) is 1.02. The van der Waals surface area contributed by atoms with E-state index in [9.17, 15) is 4.79 Å². The summed E-state index contributed by atoms with van der Waals surface area (Å²) in [7, 11) is 0. The topological polar surface area (TPSA) is 37.3 Å². The molecular formula is C7H9O2Sb. The summed E-state index contributed by atoms with van der Waals surface area (Å²) in [5.74, 6) is -0.879. The van der Waals surface area contributed by atoms with Crippen LogP contribution in [0.5, 0.6) is 0 Å². The fraction of sp³-hybridized carbons (Fsp3) is 0. The Labute approximate surface area is 76.3 Å². The van der Waals surface area contributed by atoms with Gasteiger partial charge >= 0.3 is 30.4 Å². The molecule has 3 heteroatoms. The van der Waals surface area contributed by atoms with Gasteiger partial charge in [0.25, 0.3) is 0 Å². The van der Waals surface area contributed by atoms with Gasteiger partial charge < -0.3 is 5.11 Å². The molecule has 0 saturated heterocycles. The Kier molecular flexibility index (Phi) is 4.13. The number of hydrogen-bond donors (Lipinski definition) is 1.